The number of hydrazine groups is 1. The van der Waals surface area contributed by atoms with Crippen LogP contribution in [0.1, 0.15) is 0 Å². The van der Waals surface area contributed by atoms with Crippen LogP contribution in [0.25, 0.3) is 0 Å². The number of amides is 2. The lowest BCUT2D eigenvalue weighted by molar-refractivity contribution is -0.124. The minimum absolute atomic E-state index is 0.000565. The van der Waals surface area contributed by atoms with Crippen molar-refractivity contribution in [2.45, 2.75) is 11.7 Å². The molecule has 10 heteroatoms. The molecule has 0 aliphatic carbocycles. The second kappa shape index (κ2) is 9.03. The molecule has 4 N–H and O–H groups in total. The quantitative estimate of drug-likeness (QED) is 0.509. The topological polar surface area (TPSA) is 85.5 Å². The normalized spacial score (nSPS) is 23.7. The summed E-state index contributed by atoms with van der Waals surface area (Å²) in [4.78, 5) is 27.2. The number of hydrogen-bond donors (Lipinski definition) is 4. The van der Waals surface area contributed by atoms with Gasteiger partial charge in [0.25, 0.3) is 0 Å². The summed E-state index contributed by atoms with van der Waals surface area (Å²) in [5.74, 6) is -0.170. The summed E-state index contributed by atoms with van der Waals surface area (Å²) < 4.78 is 0.945. The molecule has 7 nitrogen and oxygen atoms in total. The van der Waals surface area contributed by atoms with Crippen LogP contribution in [0.15, 0.2) is 53.0 Å². The van der Waals surface area contributed by atoms with Crippen molar-refractivity contribution < 1.29 is 9.59 Å². The summed E-state index contributed by atoms with van der Waals surface area (Å²) >= 11 is 10.7. The highest BCUT2D eigenvalue weighted by molar-refractivity contribution is 9.10. The van der Waals surface area contributed by atoms with Gasteiger partial charge in [0.1, 0.15) is 5.50 Å². The van der Waals surface area contributed by atoms with E-state index < -0.39 is 5.50 Å². The molecule has 29 heavy (non-hydrogen) atoms. The van der Waals surface area contributed by atoms with Gasteiger partial charge in [0.15, 0.2) is 0 Å². The molecule has 2 amide bonds. The Bertz CT molecular complexity index is 898. The van der Waals surface area contributed by atoms with E-state index in [-0.39, 0.29) is 29.7 Å². The second-order valence-corrected chi connectivity index (χ2v) is 9.10. The number of rotatable bonds is 5. The number of halogens is 2. The summed E-state index contributed by atoms with van der Waals surface area (Å²) in [5, 5.41) is 6.89. The monoisotopic (exact) mass is 495 g/mol. The zero-order valence-electron chi connectivity index (χ0n) is 15.2. The van der Waals surface area contributed by atoms with Crippen LogP contribution in [0.5, 0.6) is 0 Å². The average molecular weight is 497 g/mol. The number of carbonyl (C=O) groups is 2. The number of carbonyl (C=O) groups excluding carboxylic acids is 2. The molecule has 0 radical (unpaired) electrons. The molecule has 2 aromatic rings. The van der Waals surface area contributed by atoms with Gasteiger partial charge in [0, 0.05) is 27.4 Å². The first-order chi connectivity index (χ1) is 14.0. The van der Waals surface area contributed by atoms with Crippen molar-refractivity contribution in [3.05, 3.63) is 58.0 Å². The first kappa shape index (κ1) is 20.6. The highest BCUT2D eigenvalue weighted by atomic mass is 79.9. The van der Waals surface area contributed by atoms with Gasteiger partial charge >= 0.3 is 0 Å². The molecule has 2 aliphatic heterocycles. The Morgan fingerprint density at radius 3 is 2.66 bits per heavy atom. The Balaban J connectivity index is 1.46. The Morgan fingerprint density at radius 1 is 1.21 bits per heavy atom. The largest absolute Gasteiger partial charge is 0.325 e. The predicted molar refractivity (Wildman–Crippen MR) is 120 cm³/mol. The third-order valence-corrected chi connectivity index (χ3v) is 6.57. The zero-order valence-corrected chi connectivity index (χ0v) is 18.4. The van der Waals surface area contributed by atoms with Crippen LogP contribution >= 0.6 is 39.3 Å². The molecule has 2 heterocycles. The van der Waals surface area contributed by atoms with E-state index in [2.05, 4.69) is 37.4 Å². The van der Waals surface area contributed by atoms with Crippen LogP contribution in [0.3, 0.4) is 0 Å². The van der Waals surface area contributed by atoms with Crippen molar-refractivity contribution in [3.8, 4) is 0 Å². The lowest BCUT2D eigenvalue weighted by Gasteiger charge is -2.41. The van der Waals surface area contributed by atoms with Gasteiger partial charge in [-0.05, 0) is 48.5 Å². The van der Waals surface area contributed by atoms with Crippen LogP contribution in [0.2, 0.25) is 5.02 Å². The summed E-state index contributed by atoms with van der Waals surface area (Å²) in [6.07, 6.45) is -0.182. The minimum Gasteiger partial charge on any atom is -0.325 e. The smallest absolute Gasteiger partial charge is 0.236 e. The molecular weight excluding hydrogens is 478 g/mol. The van der Waals surface area contributed by atoms with Crippen LogP contribution in [-0.4, -0.2) is 35.8 Å². The predicted octanol–water partition coefficient (Wildman–Crippen LogP) is 2.74. The fraction of sp³-hybridized carbons (Fsp3) is 0.263. The number of thioether (sulfide) groups is 1. The van der Waals surface area contributed by atoms with Crippen LogP contribution in [0.4, 0.5) is 11.4 Å². The summed E-state index contributed by atoms with van der Waals surface area (Å²) in [6, 6.07) is 14.5. The highest BCUT2D eigenvalue weighted by Gasteiger charge is 2.44. The molecule has 2 aromatic carbocycles. The maximum atomic E-state index is 13.1. The molecule has 3 atom stereocenters. The number of fused-ring (bicyclic) bond motifs is 1. The summed E-state index contributed by atoms with van der Waals surface area (Å²) in [7, 11) is 0. The van der Waals surface area contributed by atoms with Gasteiger partial charge < -0.3 is 5.32 Å². The second-order valence-electron chi connectivity index (χ2n) is 6.68. The van der Waals surface area contributed by atoms with E-state index in [4.69, 9.17) is 11.6 Å². The summed E-state index contributed by atoms with van der Waals surface area (Å²) in [6.45, 7) is 0.544. The van der Waals surface area contributed by atoms with Gasteiger partial charge in [-0.2, -0.15) is 0 Å². The van der Waals surface area contributed by atoms with Crippen molar-refractivity contribution in [1.29, 1.82) is 0 Å². The Hall–Kier alpha value is -1.62. The maximum absolute atomic E-state index is 13.1. The first-order valence-corrected chi connectivity index (χ1v) is 11.2. The van der Waals surface area contributed by atoms with Crippen molar-refractivity contribution in [1.82, 2.24) is 16.2 Å². The van der Waals surface area contributed by atoms with E-state index in [0.29, 0.717) is 11.6 Å². The number of nitrogens with one attached hydrogen (secondary N) is 4. The SMILES string of the molecule is O=C(CSC1NC2NNCC2C(=O)N1c1ccc(Cl)cc1)Nc1ccc(Br)cc1. The maximum Gasteiger partial charge on any atom is 0.236 e. The highest BCUT2D eigenvalue weighted by Crippen LogP contribution is 2.31. The number of anilines is 2. The fourth-order valence-corrected chi connectivity index (χ4v) is 4.67. The van der Waals surface area contributed by atoms with Crippen molar-refractivity contribution in [2.75, 3.05) is 22.5 Å². The number of hydrogen-bond acceptors (Lipinski definition) is 6. The standard InChI is InChI=1S/C19H19BrClN5O2S/c20-11-1-5-13(6-2-11)23-16(27)10-29-19-24-17-15(9-22-25-17)18(28)26(19)14-7-3-12(21)4-8-14/h1-8,15,17,19,22,24-25H,9-10H2,(H,23,27). The molecule has 0 bridgehead atoms. The molecule has 2 saturated heterocycles. The van der Waals surface area contributed by atoms with Gasteiger partial charge in [-0.25, -0.2) is 5.43 Å². The molecule has 2 aliphatic rings. The molecule has 3 unspecified atom stereocenters. The van der Waals surface area contributed by atoms with E-state index in [0.717, 1.165) is 15.8 Å². The first-order valence-electron chi connectivity index (χ1n) is 9.01. The van der Waals surface area contributed by atoms with Crippen LogP contribution in [-0.2, 0) is 9.59 Å². The van der Waals surface area contributed by atoms with E-state index in [1.807, 2.05) is 36.4 Å². The Morgan fingerprint density at radius 2 is 1.93 bits per heavy atom. The van der Waals surface area contributed by atoms with E-state index in [1.165, 1.54) is 11.8 Å². The molecule has 0 spiro atoms. The molecular formula is C19H19BrClN5O2S. The molecule has 2 fully saturated rings. The van der Waals surface area contributed by atoms with Crippen molar-refractivity contribution in [3.63, 3.8) is 0 Å². The summed E-state index contributed by atoms with van der Waals surface area (Å²) in [5.41, 5.74) is 7.18. The third kappa shape index (κ3) is 4.76. The third-order valence-electron chi connectivity index (χ3n) is 4.70. The Kier molecular flexibility index (Phi) is 6.43. The number of benzene rings is 2. The van der Waals surface area contributed by atoms with Gasteiger partial charge in [0.05, 0.1) is 17.8 Å². The molecule has 4 rings (SSSR count). The zero-order chi connectivity index (χ0) is 20.4. The lowest BCUT2D eigenvalue weighted by Crippen LogP contribution is -2.64. The minimum atomic E-state index is -0.395. The van der Waals surface area contributed by atoms with E-state index in [1.54, 1.807) is 17.0 Å². The van der Waals surface area contributed by atoms with Gasteiger partial charge in [-0.15, -0.1) is 11.8 Å². The molecule has 152 valence electrons. The average Bonchev–Trinajstić information content (AvgIpc) is 3.18. The molecule has 0 aromatic heterocycles. The van der Waals surface area contributed by atoms with Gasteiger partial charge in [0.2, 0.25) is 11.8 Å². The van der Waals surface area contributed by atoms with Crippen LogP contribution in [0, 0.1) is 5.92 Å². The Labute approximate surface area is 186 Å². The fourth-order valence-electron chi connectivity index (χ4n) is 3.28. The van der Waals surface area contributed by atoms with Crippen LogP contribution < -0.4 is 26.4 Å². The number of nitrogens with zero attached hydrogens (tertiary/aromatic N) is 1. The van der Waals surface area contributed by atoms with Crippen molar-refractivity contribution in [2.24, 2.45) is 5.92 Å². The van der Waals surface area contributed by atoms with Crippen molar-refractivity contribution >= 4 is 62.5 Å². The van der Waals surface area contributed by atoms with E-state index in [9.17, 15) is 9.59 Å². The molecule has 0 saturated carbocycles. The van der Waals surface area contributed by atoms with Gasteiger partial charge in [-0.3, -0.25) is 25.2 Å². The lowest BCUT2D eigenvalue weighted by atomic mass is 10.0. The van der Waals surface area contributed by atoms with E-state index >= 15 is 0 Å². The van der Waals surface area contributed by atoms with Gasteiger partial charge in [-0.1, -0.05) is 27.5 Å².